The summed E-state index contributed by atoms with van der Waals surface area (Å²) in [4.78, 5) is 11.1. The Kier molecular flexibility index (Phi) is 2.08. The highest BCUT2D eigenvalue weighted by Gasteiger charge is 2.41. The van der Waals surface area contributed by atoms with Crippen molar-refractivity contribution in [2.24, 2.45) is 0 Å². The van der Waals surface area contributed by atoms with E-state index < -0.39 is 11.4 Å². The van der Waals surface area contributed by atoms with Gasteiger partial charge in [-0.3, -0.25) is 4.79 Å². The first-order valence-electron chi connectivity index (χ1n) is 4.32. The first-order valence-corrected chi connectivity index (χ1v) is 4.70. The molecule has 2 nitrogen and oxygen atoms in total. The molecule has 1 aliphatic carbocycles. The van der Waals surface area contributed by atoms with E-state index in [0.29, 0.717) is 11.4 Å². The lowest BCUT2D eigenvalue weighted by atomic mass is 9.71. The monoisotopic (exact) mass is 208 g/mol. The summed E-state index contributed by atoms with van der Waals surface area (Å²) in [7, 11) is 0. The van der Waals surface area contributed by atoms with Crippen molar-refractivity contribution in [3.05, 3.63) is 47.0 Å². The van der Waals surface area contributed by atoms with Crippen LogP contribution in [0.1, 0.15) is 12.0 Å². The topological polar surface area (TPSA) is 37.3 Å². The first kappa shape index (κ1) is 9.28. The molecule has 0 heterocycles. The third kappa shape index (κ3) is 1.23. The molecule has 3 heteroatoms. The molecule has 1 atom stereocenters. The number of carbonyl (C=O) groups is 1. The SMILES string of the molecule is O=C(O)C1(c2cccc(Cl)c2)C=CC1. The second-order valence-corrected chi connectivity index (χ2v) is 3.83. The van der Waals surface area contributed by atoms with Gasteiger partial charge in [-0.05, 0) is 24.1 Å². The maximum Gasteiger partial charge on any atom is 0.318 e. The summed E-state index contributed by atoms with van der Waals surface area (Å²) < 4.78 is 0. The number of rotatable bonds is 2. The fourth-order valence-electron chi connectivity index (χ4n) is 1.62. The van der Waals surface area contributed by atoms with Gasteiger partial charge in [0.15, 0.2) is 0 Å². The van der Waals surface area contributed by atoms with Gasteiger partial charge in [-0.1, -0.05) is 35.9 Å². The molecule has 14 heavy (non-hydrogen) atoms. The molecule has 0 bridgehead atoms. The molecular formula is C11H9ClO2. The Morgan fingerprint density at radius 2 is 2.21 bits per heavy atom. The molecule has 0 radical (unpaired) electrons. The summed E-state index contributed by atoms with van der Waals surface area (Å²) in [5, 5.41) is 9.71. The molecule has 0 aromatic heterocycles. The zero-order valence-electron chi connectivity index (χ0n) is 7.40. The Morgan fingerprint density at radius 1 is 1.50 bits per heavy atom. The van der Waals surface area contributed by atoms with E-state index in [-0.39, 0.29) is 0 Å². The van der Waals surface area contributed by atoms with Crippen LogP contribution >= 0.6 is 11.6 Å². The molecule has 0 saturated carbocycles. The summed E-state index contributed by atoms with van der Waals surface area (Å²) >= 11 is 5.82. The van der Waals surface area contributed by atoms with Gasteiger partial charge in [-0.2, -0.15) is 0 Å². The maximum absolute atomic E-state index is 11.1. The van der Waals surface area contributed by atoms with E-state index in [2.05, 4.69) is 0 Å². The van der Waals surface area contributed by atoms with E-state index >= 15 is 0 Å². The van der Waals surface area contributed by atoms with Crippen LogP contribution in [0.15, 0.2) is 36.4 Å². The minimum atomic E-state index is -0.842. The van der Waals surface area contributed by atoms with Gasteiger partial charge in [-0.25, -0.2) is 0 Å². The van der Waals surface area contributed by atoms with Crippen molar-refractivity contribution in [2.45, 2.75) is 11.8 Å². The molecular weight excluding hydrogens is 200 g/mol. The average Bonchev–Trinajstić information content (AvgIpc) is 2.00. The molecule has 0 saturated heterocycles. The van der Waals surface area contributed by atoms with Gasteiger partial charge in [-0.15, -0.1) is 0 Å². The zero-order valence-corrected chi connectivity index (χ0v) is 8.16. The highest BCUT2D eigenvalue weighted by atomic mass is 35.5. The van der Waals surface area contributed by atoms with Crippen LogP contribution in [0.4, 0.5) is 0 Å². The average molecular weight is 209 g/mol. The fraction of sp³-hybridized carbons (Fsp3) is 0.182. The van der Waals surface area contributed by atoms with E-state index in [1.165, 1.54) is 0 Å². The number of halogens is 1. The van der Waals surface area contributed by atoms with E-state index in [9.17, 15) is 4.79 Å². The van der Waals surface area contributed by atoms with Crippen molar-refractivity contribution in [1.29, 1.82) is 0 Å². The number of benzene rings is 1. The van der Waals surface area contributed by atoms with Crippen LogP contribution in [0.25, 0.3) is 0 Å². The normalized spacial score (nSPS) is 24.4. The van der Waals surface area contributed by atoms with Crippen LogP contribution < -0.4 is 0 Å². The second-order valence-electron chi connectivity index (χ2n) is 3.39. The molecule has 0 amide bonds. The summed E-state index contributed by atoms with van der Waals surface area (Å²) in [6.45, 7) is 0. The lowest BCUT2D eigenvalue weighted by molar-refractivity contribution is -0.142. The summed E-state index contributed by atoms with van der Waals surface area (Å²) in [6, 6.07) is 7.01. The minimum Gasteiger partial charge on any atom is -0.480 e. The third-order valence-electron chi connectivity index (χ3n) is 2.56. The van der Waals surface area contributed by atoms with Gasteiger partial charge in [0.2, 0.25) is 0 Å². The summed E-state index contributed by atoms with van der Waals surface area (Å²) in [5.74, 6) is -0.817. The van der Waals surface area contributed by atoms with E-state index in [1.807, 2.05) is 6.08 Å². The molecule has 1 aliphatic rings. The lowest BCUT2D eigenvalue weighted by Gasteiger charge is -2.31. The predicted molar refractivity (Wildman–Crippen MR) is 54.5 cm³/mol. The van der Waals surface area contributed by atoms with Crippen molar-refractivity contribution in [3.8, 4) is 0 Å². The highest BCUT2D eigenvalue weighted by molar-refractivity contribution is 6.30. The molecule has 1 aromatic rings. The van der Waals surface area contributed by atoms with Crippen molar-refractivity contribution in [2.75, 3.05) is 0 Å². The molecule has 1 unspecified atom stereocenters. The molecule has 1 N–H and O–H groups in total. The molecule has 0 fully saturated rings. The second kappa shape index (κ2) is 3.14. The standard InChI is InChI=1S/C11H9ClO2/c12-9-4-1-3-8(7-9)11(10(13)14)5-2-6-11/h1-5,7H,6H2,(H,13,14). The van der Waals surface area contributed by atoms with Crippen molar-refractivity contribution >= 4 is 17.6 Å². The van der Waals surface area contributed by atoms with Crippen LogP contribution in [-0.4, -0.2) is 11.1 Å². The van der Waals surface area contributed by atoms with Crippen molar-refractivity contribution in [1.82, 2.24) is 0 Å². The minimum absolute atomic E-state index is 0.544. The summed E-state index contributed by atoms with van der Waals surface area (Å²) in [5.41, 5.74) is -0.0924. The van der Waals surface area contributed by atoms with E-state index in [4.69, 9.17) is 16.7 Å². The van der Waals surface area contributed by atoms with Crippen LogP contribution in [-0.2, 0) is 10.2 Å². The maximum atomic E-state index is 11.1. The quantitative estimate of drug-likeness (QED) is 0.759. The van der Waals surface area contributed by atoms with E-state index in [0.717, 1.165) is 5.56 Å². The summed E-state index contributed by atoms with van der Waals surface area (Å²) in [6.07, 6.45) is 4.11. The smallest absolute Gasteiger partial charge is 0.318 e. The van der Waals surface area contributed by atoms with Crippen molar-refractivity contribution in [3.63, 3.8) is 0 Å². The van der Waals surface area contributed by atoms with Gasteiger partial charge >= 0.3 is 5.97 Å². The van der Waals surface area contributed by atoms with Crippen LogP contribution in [0.2, 0.25) is 5.02 Å². The largest absolute Gasteiger partial charge is 0.480 e. The van der Waals surface area contributed by atoms with Crippen molar-refractivity contribution < 1.29 is 9.90 Å². The van der Waals surface area contributed by atoms with Gasteiger partial charge in [0.25, 0.3) is 0 Å². The number of hydrogen-bond donors (Lipinski definition) is 1. The zero-order chi connectivity index (χ0) is 10.2. The Balaban J connectivity index is 2.48. The first-order chi connectivity index (χ1) is 6.65. The van der Waals surface area contributed by atoms with Gasteiger partial charge in [0.1, 0.15) is 5.41 Å². The molecule has 0 spiro atoms. The Morgan fingerprint density at radius 3 is 2.64 bits per heavy atom. The molecule has 2 rings (SSSR count). The lowest BCUT2D eigenvalue weighted by Crippen LogP contribution is -2.37. The predicted octanol–water partition coefficient (Wildman–Crippen LogP) is 2.62. The molecule has 1 aromatic carbocycles. The van der Waals surface area contributed by atoms with E-state index in [1.54, 1.807) is 30.3 Å². The Hall–Kier alpha value is -1.28. The van der Waals surface area contributed by atoms with Gasteiger partial charge in [0.05, 0.1) is 0 Å². The number of carboxylic acids is 1. The third-order valence-corrected chi connectivity index (χ3v) is 2.80. The molecule has 72 valence electrons. The van der Waals surface area contributed by atoms with Gasteiger partial charge in [0, 0.05) is 5.02 Å². The number of allylic oxidation sites excluding steroid dienone is 1. The number of aliphatic carboxylic acids is 1. The Labute approximate surface area is 86.8 Å². The highest BCUT2D eigenvalue weighted by Crippen LogP contribution is 2.38. The van der Waals surface area contributed by atoms with Crippen LogP contribution in [0.5, 0.6) is 0 Å². The van der Waals surface area contributed by atoms with Gasteiger partial charge < -0.3 is 5.11 Å². The fourth-order valence-corrected chi connectivity index (χ4v) is 1.81. The Bertz CT molecular complexity index is 412. The molecule has 0 aliphatic heterocycles. The van der Waals surface area contributed by atoms with Crippen LogP contribution in [0.3, 0.4) is 0 Å². The number of carboxylic acid groups (broad SMARTS) is 1. The van der Waals surface area contributed by atoms with Crippen LogP contribution in [0, 0.1) is 0 Å². The number of hydrogen-bond acceptors (Lipinski definition) is 1.